The maximum atomic E-state index is 12.7. The Morgan fingerprint density at radius 3 is 2.20 bits per heavy atom. The molecule has 0 aromatic heterocycles. The van der Waals surface area contributed by atoms with Gasteiger partial charge in [-0.2, -0.15) is 26.3 Å². The summed E-state index contributed by atoms with van der Waals surface area (Å²) < 4.78 is 74.0. The van der Waals surface area contributed by atoms with Gasteiger partial charge in [0.1, 0.15) is 6.54 Å². The van der Waals surface area contributed by atoms with Gasteiger partial charge in [-0.05, 0) is 12.1 Å². The van der Waals surface area contributed by atoms with Crippen LogP contribution < -0.4 is 10.6 Å². The summed E-state index contributed by atoms with van der Waals surface area (Å²) in [4.78, 5) is 11.5. The van der Waals surface area contributed by atoms with Crippen LogP contribution in [0, 0.1) is 0 Å². The molecule has 9 heteroatoms. The standard InChI is InChI=1S/C11H10F6N2O/c1-18-8-6(9(20)19-5-10(12,13)14)3-2-4-7(8)11(15,16)17/h2-4,18H,5H2,1H3,(H,19,20). The largest absolute Gasteiger partial charge is 0.418 e. The molecule has 0 heterocycles. The van der Waals surface area contributed by atoms with Crippen LogP contribution in [0.3, 0.4) is 0 Å². The normalized spacial score (nSPS) is 12.2. The van der Waals surface area contributed by atoms with Gasteiger partial charge < -0.3 is 10.6 Å². The van der Waals surface area contributed by atoms with Gasteiger partial charge in [-0.1, -0.05) is 6.07 Å². The van der Waals surface area contributed by atoms with Gasteiger partial charge in [0.25, 0.3) is 5.91 Å². The highest BCUT2D eigenvalue weighted by molar-refractivity contribution is 6.00. The average Bonchev–Trinajstić information content (AvgIpc) is 2.32. The smallest absolute Gasteiger partial charge is 0.387 e. The number of carbonyl (C=O) groups excluding carboxylic acids is 1. The summed E-state index contributed by atoms with van der Waals surface area (Å²) in [5.41, 5.74) is -2.20. The van der Waals surface area contributed by atoms with Gasteiger partial charge in [0.05, 0.1) is 16.8 Å². The minimum Gasteiger partial charge on any atom is -0.387 e. The van der Waals surface area contributed by atoms with E-state index in [-0.39, 0.29) is 0 Å². The monoisotopic (exact) mass is 300 g/mol. The minimum atomic E-state index is -4.72. The molecule has 1 aromatic rings. The van der Waals surface area contributed by atoms with E-state index in [9.17, 15) is 31.1 Å². The molecule has 2 N–H and O–H groups in total. The molecule has 0 atom stereocenters. The zero-order chi connectivity index (χ0) is 15.6. The molecule has 3 nitrogen and oxygen atoms in total. The number of hydrogen-bond donors (Lipinski definition) is 2. The molecule has 0 aliphatic carbocycles. The molecule has 0 bridgehead atoms. The fourth-order valence-corrected chi connectivity index (χ4v) is 1.52. The van der Waals surface area contributed by atoms with Crippen molar-refractivity contribution in [3.05, 3.63) is 29.3 Å². The van der Waals surface area contributed by atoms with Gasteiger partial charge in [-0.15, -0.1) is 0 Å². The first kappa shape index (κ1) is 16.1. The number of rotatable bonds is 3. The van der Waals surface area contributed by atoms with E-state index in [0.717, 1.165) is 25.2 Å². The lowest BCUT2D eigenvalue weighted by molar-refractivity contribution is -0.137. The lowest BCUT2D eigenvalue weighted by Crippen LogP contribution is -2.34. The molecular weight excluding hydrogens is 290 g/mol. The van der Waals surface area contributed by atoms with Gasteiger partial charge in [-0.25, -0.2) is 0 Å². The van der Waals surface area contributed by atoms with Gasteiger partial charge in [0.2, 0.25) is 0 Å². The van der Waals surface area contributed by atoms with Crippen LogP contribution in [0.15, 0.2) is 18.2 Å². The summed E-state index contributed by atoms with van der Waals surface area (Å²) in [6, 6.07) is 2.69. The highest BCUT2D eigenvalue weighted by Gasteiger charge is 2.35. The van der Waals surface area contributed by atoms with Crippen molar-refractivity contribution < 1.29 is 31.1 Å². The summed E-state index contributed by atoms with van der Waals surface area (Å²) >= 11 is 0. The Morgan fingerprint density at radius 1 is 1.15 bits per heavy atom. The van der Waals surface area contributed by atoms with Crippen molar-refractivity contribution in [3.8, 4) is 0 Å². The SMILES string of the molecule is CNc1c(C(=O)NCC(F)(F)F)cccc1C(F)(F)F. The molecule has 0 aliphatic heterocycles. The number of alkyl halides is 6. The van der Waals surface area contributed by atoms with Crippen LogP contribution in [-0.4, -0.2) is 25.7 Å². The van der Waals surface area contributed by atoms with Crippen LogP contribution in [-0.2, 0) is 6.18 Å². The first-order valence-corrected chi connectivity index (χ1v) is 5.29. The van der Waals surface area contributed by atoms with Crippen LogP contribution in [0.5, 0.6) is 0 Å². The third-order valence-corrected chi connectivity index (χ3v) is 2.31. The number of nitrogens with one attached hydrogen (secondary N) is 2. The van der Waals surface area contributed by atoms with E-state index in [4.69, 9.17) is 0 Å². The molecular formula is C11H10F6N2O. The Hall–Kier alpha value is -1.93. The second-order valence-corrected chi connectivity index (χ2v) is 3.77. The van der Waals surface area contributed by atoms with Crippen molar-refractivity contribution in [1.82, 2.24) is 5.32 Å². The van der Waals surface area contributed by atoms with Crippen LogP contribution >= 0.6 is 0 Å². The fourth-order valence-electron chi connectivity index (χ4n) is 1.52. The lowest BCUT2D eigenvalue weighted by Gasteiger charge is -2.16. The van der Waals surface area contributed by atoms with Gasteiger partial charge >= 0.3 is 12.4 Å². The quantitative estimate of drug-likeness (QED) is 0.842. The van der Waals surface area contributed by atoms with Crippen LogP contribution in [0.4, 0.5) is 32.0 Å². The Bertz CT molecular complexity index is 495. The highest BCUT2D eigenvalue weighted by atomic mass is 19.4. The third kappa shape index (κ3) is 4.04. The van der Waals surface area contributed by atoms with Crippen LogP contribution in [0.1, 0.15) is 15.9 Å². The number of halogens is 6. The second kappa shape index (κ2) is 5.59. The topological polar surface area (TPSA) is 41.1 Å². The highest BCUT2D eigenvalue weighted by Crippen LogP contribution is 2.36. The molecule has 112 valence electrons. The number of hydrogen-bond acceptors (Lipinski definition) is 2. The molecule has 0 saturated carbocycles. The van der Waals surface area contributed by atoms with E-state index >= 15 is 0 Å². The first-order valence-electron chi connectivity index (χ1n) is 5.29. The van der Waals surface area contributed by atoms with Gasteiger partial charge in [0.15, 0.2) is 0 Å². The van der Waals surface area contributed by atoms with E-state index in [1.165, 1.54) is 5.32 Å². The number of anilines is 1. The maximum absolute atomic E-state index is 12.7. The molecule has 1 amide bonds. The van der Waals surface area contributed by atoms with Crippen molar-refractivity contribution in [1.29, 1.82) is 0 Å². The van der Waals surface area contributed by atoms with Crippen molar-refractivity contribution >= 4 is 11.6 Å². The Kier molecular flexibility index (Phi) is 4.51. The summed E-state index contributed by atoms with van der Waals surface area (Å²) in [7, 11) is 1.14. The number of amides is 1. The van der Waals surface area contributed by atoms with Crippen LogP contribution in [0.25, 0.3) is 0 Å². The molecule has 0 saturated heterocycles. The van der Waals surface area contributed by atoms with E-state index in [0.29, 0.717) is 0 Å². The second-order valence-electron chi connectivity index (χ2n) is 3.77. The summed E-state index contributed by atoms with van der Waals surface area (Å²) in [5.74, 6) is -1.24. The van der Waals surface area contributed by atoms with Gasteiger partial charge in [-0.3, -0.25) is 4.79 Å². The summed E-state index contributed by atoms with van der Waals surface area (Å²) in [5, 5.41) is 3.71. The number of para-hydroxylation sites is 1. The van der Waals surface area contributed by atoms with Crippen LogP contribution in [0.2, 0.25) is 0 Å². The maximum Gasteiger partial charge on any atom is 0.418 e. The molecule has 0 fully saturated rings. The van der Waals surface area contributed by atoms with E-state index in [1.807, 2.05) is 0 Å². The van der Waals surface area contributed by atoms with Crippen molar-refractivity contribution in [2.75, 3.05) is 18.9 Å². The van der Waals surface area contributed by atoms with E-state index in [1.54, 1.807) is 0 Å². The molecule has 1 rings (SSSR count). The zero-order valence-electron chi connectivity index (χ0n) is 10.1. The summed E-state index contributed by atoms with van der Waals surface area (Å²) in [6.07, 6.45) is -9.37. The van der Waals surface area contributed by atoms with E-state index < -0.39 is 41.6 Å². The molecule has 0 aliphatic rings. The van der Waals surface area contributed by atoms with Crippen molar-refractivity contribution in [2.24, 2.45) is 0 Å². The Labute approximate surface area is 110 Å². The summed E-state index contributed by atoms with van der Waals surface area (Å²) in [6.45, 7) is -1.62. The lowest BCUT2D eigenvalue weighted by atomic mass is 10.1. The molecule has 20 heavy (non-hydrogen) atoms. The minimum absolute atomic E-state index is 0.508. The molecule has 1 aromatic carbocycles. The number of benzene rings is 1. The Morgan fingerprint density at radius 2 is 1.75 bits per heavy atom. The average molecular weight is 300 g/mol. The first-order chi connectivity index (χ1) is 9.06. The predicted molar refractivity (Wildman–Crippen MR) is 59.4 cm³/mol. The van der Waals surface area contributed by atoms with E-state index in [2.05, 4.69) is 5.32 Å². The Balaban J connectivity index is 3.10. The fraction of sp³-hybridized carbons (Fsp3) is 0.364. The number of carbonyl (C=O) groups is 1. The third-order valence-electron chi connectivity index (χ3n) is 2.31. The molecule has 0 radical (unpaired) electrons. The van der Waals surface area contributed by atoms with Gasteiger partial charge in [0, 0.05) is 7.05 Å². The zero-order valence-corrected chi connectivity index (χ0v) is 10.1. The van der Waals surface area contributed by atoms with Crippen molar-refractivity contribution in [2.45, 2.75) is 12.4 Å². The predicted octanol–water partition coefficient (Wildman–Crippen LogP) is 3.04. The molecule has 0 spiro atoms. The van der Waals surface area contributed by atoms with Crippen molar-refractivity contribution in [3.63, 3.8) is 0 Å². The molecule has 0 unspecified atom stereocenters.